The molecule has 0 amide bonds. The first-order chi connectivity index (χ1) is 11.2. The molecule has 0 aliphatic heterocycles. The number of aliphatic hydroxyl groups excluding tert-OH is 1. The number of hydrogen-bond acceptors (Lipinski definition) is 3. The highest BCUT2D eigenvalue weighted by Gasteiger charge is 2.09. The number of thioether (sulfide) groups is 1. The van der Waals surface area contributed by atoms with Crippen molar-refractivity contribution in [1.29, 1.82) is 0 Å². The zero-order valence-corrected chi connectivity index (χ0v) is 14.0. The minimum atomic E-state index is -0.0279. The molecule has 0 saturated carbocycles. The van der Waals surface area contributed by atoms with Gasteiger partial charge in [-0.15, -0.1) is 0 Å². The molecule has 3 nitrogen and oxygen atoms in total. The normalized spacial score (nSPS) is 10.9. The summed E-state index contributed by atoms with van der Waals surface area (Å²) in [4.78, 5) is 4.53. The summed E-state index contributed by atoms with van der Waals surface area (Å²) in [5.41, 5.74) is 4.49. The van der Waals surface area contributed by atoms with Gasteiger partial charge in [0.25, 0.3) is 0 Å². The molecule has 0 bridgehead atoms. The van der Waals surface area contributed by atoms with Crippen LogP contribution in [-0.4, -0.2) is 14.7 Å². The number of imidazole rings is 1. The molecule has 0 spiro atoms. The Hall–Kier alpha value is -2.04. The van der Waals surface area contributed by atoms with Crippen LogP contribution in [0.2, 0.25) is 0 Å². The molecule has 3 rings (SSSR count). The van der Waals surface area contributed by atoms with Crippen molar-refractivity contribution in [2.75, 3.05) is 0 Å². The Bertz CT molecular complexity index is 751. The Morgan fingerprint density at radius 2 is 1.74 bits per heavy atom. The Kier molecular flexibility index (Phi) is 5.16. The minimum absolute atomic E-state index is 0.0279. The number of benzene rings is 2. The minimum Gasteiger partial charge on any atom is -0.390 e. The third-order valence-corrected chi connectivity index (χ3v) is 4.70. The molecule has 23 heavy (non-hydrogen) atoms. The van der Waals surface area contributed by atoms with Crippen molar-refractivity contribution in [3.8, 4) is 0 Å². The topological polar surface area (TPSA) is 38.1 Å². The standard InChI is InChI=1S/C19H20N2OS/c1-15-7-9-17(10-8-15)14-23-19-20-18(13-22)12-21(19)11-16-5-3-2-4-6-16/h2-10,12,22H,11,13-14H2,1H3. The maximum atomic E-state index is 9.37. The molecule has 0 atom stereocenters. The van der Waals surface area contributed by atoms with Crippen LogP contribution >= 0.6 is 11.8 Å². The second-order valence-electron chi connectivity index (χ2n) is 5.56. The maximum absolute atomic E-state index is 9.37. The number of rotatable bonds is 6. The highest BCUT2D eigenvalue weighted by Crippen LogP contribution is 2.23. The summed E-state index contributed by atoms with van der Waals surface area (Å²) < 4.78 is 2.11. The monoisotopic (exact) mass is 324 g/mol. The second-order valence-corrected chi connectivity index (χ2v) is 6.50. The molecule has 0 radical (unpaired) electrons. The Labute approximate surface area is 141 Å². The predicted molar refractivity (Wildman–Crippen MR) is 94.4 cm³/mol. The lowest BCUT2D eigenvalue weighted by Gasteiger charge is -2.07. The van der Waals surface area contributed by atoms with E-state index in [-0.39, 0.29) is 6.61 Å². The van der Waals surface area contributed by atoms with Crippen LogP contribution in [0.15, 0.2) is 66.0 Å². The number of aliphatic hydroxyl groups is 1. The van der Waals surface area contributed by atoms with Gasteiger partial charge in [-0.3, -0.25) is 0 Å². The van der Waals surface area contributed by atoms with Gasteiger partial charge in [0.1, 0.15) is 0 Å². The van der Waals surface area contributed by atoms with E-state index < -0.39 is 0 Å². The van der Waals surface area contributed by atoms with Crippen LogP contribution in [0.4, 0.5) is 0 Å². The summed E-state index contributed by atoms with van der Waals surface area (Å²) in [6.45, 7) is 2.83. The van der Waals surface area contributed by atoms with Gasteiger partial charge in [-0.25, -0.2) is 4.98 Å². The van der Waals surface area contributed by atoms with Gasteiger partial charge in [0.05, 0.1) is 12.3 Å². The van der Waals surface area contributed by atoms with Crippen LogP contribution in [0.25, 0.3) is 0 Å². The average molecular weight is 324 g/mol. The lowest BCUT2D eigenvalue weighted by Crippen LogP contribution is -2.00. The fraction of sp³-hybridized carbons (Fsp3) is 0.211. The van der Waals surface area contributed by atoms with Gasteiger partial charge in [0.15, 0.2) is 5.16 Å². The third-order valence-electron chi connectivity index (χ3n) is 3.64. The van der Waals surface area contributed by atoms with Gasteiger partial charge in [0, 0.05) is 18.5 Å². The van der Waals surface area contributed by atoms with Gasteiger partial charge in [-0.1, -0.05) is 71.9 Å². The summed E-state index contributed by atoms with van der Waals surface area (Å²) in [7, 11) is 0. The first-order valence-electron chi connectivity index (χ1n) is 7.64. The molecule has 0 aliphatic rings. The maximum Gasteiger partial charge on any atom is 0.168 e. The van der Waals surface area contributed by atoms with Crippen molar-refractivity contribution in [3.05, 3.63) is 83.2 Å². The van der Waals surface area contributed by atoms with Gasteiger partial charge in [-0.2, -0.15) is 0 Å². The second kappa shape index (κ2) is 7.49. The van der Waals surface area contributed by atoms with E-state index in [2.05, 4.69) is 52.9 Å². The van der Waals surface area contributed by atoms with E-state index in [0.29, 0.717) is 5.69 Å². The van der Waals surface area contributed by atoms with E-state index in [1.165, 1.54) is 16.7 Å². The molecule has 0 saturated heterocycles. The quantitative estimate of drug-likeness (QED) is 0.696. The van der Waals surface area contributed by atoms with E-state index in [0.717, 1.165) is 17.5 Å². The van der Waals surface area contributed by atoms with Crippen LogP contribution in [-0.2, 0) is 18.9 Å². The number of hydrogen-bond donors (Lipinski definition) is 1. The highest BCUT2D eigenvalue weighted by atomic mass is 32.2. The molecule has 118 valence electrons. The van der Waals surface area contributed by atoms with Gasteiger partial charge in [0.2, 0.25) is 0 Å². The molecular weight excluding hydrogens is 304 g/mol. The van der Waals surface area contributed by atoms with Crippen LogP contribution in [0, 0.1) is 6.92 Å². The van der Waals surface area contributed by atoms with E-state index in [1.807, 2.05) is 24.4 Å². The number of nitrogens with zero attached hydrogens (tertiary/aromatic N) is 2. The molecule has 4 heteroatoms. The first-order valence-corrected chi connectivity index (χ1v) is 8.62. The molecule has 0 fully saturated rings. The van der Waals surface area contributed by atoms with Crippen LogP contribution < -0.4 is 0 Å². The van der Waals surface area contributed by atoms with E-state index in [1.54, 1.807) is 11.8 Å². The van der Waals surface area contributed by atoms with Crippen LogP contribution in [0.1, 0.15) is 22.4 Å². The molecule has 1 heterocycles. The van der Waals surface area contributed by atoms with Crippen molar-refractivity contribution in [1.82, 2.24) is 9.55 Å². The lowest BCUT2D eigenvalue weighted by atomic mass is 10.2. The first kappa shape index (κ1) is 15.8. The van der Waals surface area contributed by atoms with E-state index in [4.69, 9.17) is 0 Å². The van der Waals surface area contributed by atoms with Gasteiger partial charge in [-0.05, 0) is 18.1 Å². The Morgan fingerprint density at radius 3 is 2.43 bits per heavy atom. The summed E-state index contributed by atoms with van der Waals surface area (Å²) >= 11 is 1.70. The summed E-state index contributed by atoms with van der Waals surface area (Å²) in [6.07, 6.45) is 1.93. The van der Waals surface area contributed by atoms with E-state index in [9.17, 15) is 5.11 Å². The fourth-order valence-corrected chi connectivity index (χ4v) is 3.32. The van der Waals surface area contributed by atoms with Crippen molar-refractivity contribution in [2.24, 2.45) is 0 Å². The summed E-state index contributed by atoms with van der Waals surface area (Å²) in [6, 6.07) is 18.9. The molecule has 0 aliphatic carbocycles. The molecule has 0 unspecified atom stereocenters. The Morgan fingerprint density at radius 1 is 1.00 bits per heavy atom. The molecule has 1 aromatic heterocycles. The molecule has 1 N–H and O–H groups in total. The number of aryl methyl sites for hydroxylation is 1. The SMILES string of the molecule is Cc1ccc(CSc2nc(CO)cn2Cc2ccccc2)cc1. The highest BCUT2D eigenvalue weighted by molar-refractivity contribution is 7.98. The fourth-order valence-electron chi connectivity index (χ4n) is 2.37. The average Bonchev–Trinajstić information content (AvgIpc) is 2.97. The van der Waals surface area contributed by atoms with Crippen LogP contribution in [0.5, 0.6) is 0 Å². The predicted octanol–water partition coefficient (Wildman–Crippen LogP) is 4.02. The van der Waals surface area contributed by atoms with Crippen molar-refractivity contribution in [2.45, 2.75) is 31.0 Å². The van der Waals surface area contributed by atoms with Crippen molar-refractivity contribution in [3.63, 3.8) is 0 Å². The largest absolute Gasteiger partial charge is 0.390 e. The summed E-state index contributed by atoms with van der Waals surface area (Å²) in [5.74, 6) is 0.872. The lowest BCUT2D eigenvalue weighted by molar-refractivity contribution is 0.277. The smallest absolute Gasteiger partial charge is 0.168 e. The third kappa shape index (κ3) is 4.24. The molecular formula is C19H20N2OS. The van der Waals surface area contributed by atoms with Crippen LogP contribution in [0.3, 0.4) is 0 Å². The zero-order chi connectivity index (χ0) is 16.1. The zero-order valence-electron chi connectivity index (χ0n) is 13.1. The summed E-state index contributed by atoms with van der Waals surface area (Å²) in [5, 5.41) is 10.3. The van der Waals surface area contributed by atoms with Gasteiger partial charge < -0.3 is 9.67 Å². The molecule has 3 aromatic rings. The molecule has 2 aromatic carbocycles. The van der Waals surface area contributed by atoms with Crippen molar-refractivity contribution < 1.29 is 5.11 Å². The number of aromatic nitrogens is 2. The van der Waals surface area contributed by atoms with Gasteiger partial charge >= 0.3 is 0 Å². The Balaban J connectivity index is 1.75. The van der Waals surface area contributed by atoms with Crippen molar-refractivity contribution >= 4 is 11.8 Å². The van der Waals surface area contributed by atoms with E-state index >= 15 is 0 Å².